The number of H-pyrrole nitrogens is 1. The number of hydrogen-bond donors (Lipinski definition) is 5. The Hall–Kier alpha value is -2.01. The Kier molecular flexibility index (Phi) is 3.37. The molecule has 1 fully saturated rings. The van der Waals surface area contributed by atoms with Crippen LogP contribution in [0.4, 0.5) is 5.95 Å². The average Bonchev–Trinajstić information content (AvgIpc) is 2.96. The molecule has 1 aliphatic rings. The lowest BCUT2D eigenvalue weighted by Crippen LogP contribution is -2.35. The monoisotopic (exact) mass is 297 g/mol. The Balaban J connectivity index is 1.91. The van der Waals surface area contributed by atoms with Crippen LogP contribution in [0.25, 0.3) is 11.2 Å². The van der Waals surface area contributed by atoms with Crippen molar-refractivity contribution in [1.82, 2.24) is 19.5 Å². The molecule has 0 aromatic carbocycles. The molecular formula is C11H15N5O5. The van der Waals surface area contributed by atoms with Crippen LogP contribution >= 0.6 is 0 Å². The van der Waals surface area contributed by atoms with Gasteiger partial charge in [0.1, 0.15) is 24.4 Å². The van der Waals surface area contributed by atoms with E-state index in [9.17, 15) is 15.0 Å². The van der Waals surface area contributed by atoms with Gasteiger partial charge in [0.2, 0.25) is 5.95 Å². The van der Waals surface area contributed by atoms with Gasteiger partial charge in [-0.2, -0.15) is 4.98 Å². The molecule has 3 rings (SSSR count). The molecule has 10 heteroatoms. The maximum absolute atomic E-state index is 11.7. The maximum Gasteiger partial charge on any atom is 0.280 e. The Labute approximate surface area is 117 Å². The second-order valence-corrected chi connectivity index (χ2v) is 4.90. The third kappa shape index (κ3) is 2.27. The number of aliphatic hydroxyl groups excluding tert-OH is 3. The fourth-order valence-corrected chi connectivity index (χ4v) is 2.43. The zero-order valence-corrected chi connectivity index (χ0v) is 10.9. The molecule has 0 amide bonds. The minimum atomic E-state index is -1.17. The smallest absolute Gasteiger partial charge is 0.280 e. The van der Waals surface area contributed by atoms with Gasteiger partial charge in [0.05, 0.1) is 19.5 Å². The topological polar surface area (TPSA) is 160 Å². The molecule has 6 N–H and O–H groups in total. The summed E-state index contributed by atoms with van der Waals surface area (Å²) in [6.45, 7) is -0.286. The number of fused-ring (bicyclic) bond motifs is 1. The van der Waals surface area contributed by atoms with E-state index in [1.807, 2.05) is 0 Å². The lowest BCUT2D eigenvalue weighted by atomic mass is 10.1. The molecule has 114 valence electrons. The third-order valence-corrected chi connectivity index (χ3v) is 3.51. The van der Waals surface area contributed by atoms with Crippen LogP contribution in [0, 0.1) is 0 Å². The lowest BCUT2D eigenvalue weighted by Gasteiger charge is -2.15. The fraction of sp³-hybridized carbons (Fsp3) is 0.545. The fourth-order valence-electron chi connectivity index (χ4n) is 2.43. The van der Waals surface area contributed by atoms with Gasteiger partial charge in [-0.3, -0.25) is 9.78 Å². The minimum Gasteiger partial charge on any atom is -0.394 e. The molecule has 0 spiro atoms. The van der Waals surface area contributed by atoms with E-state index in [0.717, 1.165) is 0 Å². The molecule has 0 aliphatic carbocycles. The number of nitrogens with zero attached hydrogens (tertiary/aromatic N) is 3. The number of nitrogens with two attached hydrogens (primary N) is 1. The minimum absolute atomic E-state index is 0.0459. The van der Waals surface area contributed by atoms with Crippen LogP contribution in [0.1, 0.15) is 0 Å². The van der Waals surface area contributed by atoms with Crippen LogP contribution < -0.4 is 11.3 Å². The highest BCUT2D eigenvalue weighted by Gasteiger charge is 2.42. The molecule has 1 saturated heterocycles. The molecule has 0 radical (unpaired) electrons. The largest absolute Gasteiger partial charge is 0.394 e. The first-order valence-corrected chi connectivity index (χ1v) is 6.34. The van der Waals surface area contributed by atoms with Gasteiger partial charge in [0.25, 0.3) is 5.56 Å². The second-order valence-electron chi connectivity index (χ2n) is 4.90. The van der Waals surface area contributed by atoms with E-state index in [0.29, 0.717) is 0 Å². The van der Waals surface area contributed by atoms with Gasteiger partial charge in [-0.1, -0.05) is 0 Å². The van der Waals surface area contributed by atoms with Crippen LogP contribution in [0.3, 0.4) is 0 Å². The van der Waals surface area contributed by atoms with Crippen molar-refractivity contribution >= 4 is 17.1 Å². The van der Waals surface area contributed by atoms with Gasteiger partial charge < -0.3 is 30.4 Å². The van der Waals surface area contributed by atoms with E-state index in [1.165, 1.54) is 10.9 Å². The first-order valence-electron chi connectivity index (χ1n) is 6.34. The van der Waals surface area contributed by atoms with Gasteiger partial charge in [0.15, 0.2) is 11.2 Å². The summed E-state index contributed by atoms with van der Waals surface area (Å²) in [5.41, 5.74) is 5.41. The van der Waals surface area contributed by atoms with Crippen LogP contribution in [-0.4, -0.2) is 65.9 Å². The number of hydrogen-bond acceptors (Lipinski definition) is 8. The molecule has 0 bridgehead atoms. The summed E-state index contributed by atoms with van der Waals surface area (Å²) in [7, 11) is 0. The molecule has 2 aromatic rings. The van der Waals surface area contributed by atoms with Crippen molar-refractivity contribution in [3.05, 3.63) is 16.7 Å². The summed E-state index contributed by atoms with van der Waals surface area (Å²) >= 11 is 0. The Morgan fingerprint density at radius 2 is 2.10 bits per heavy atom. The number of aromatic amines is 1. The van der Waals surface area contributed by atoms with E-state index in [-0.39, 0.29) is 23.7 Å². The van der Waals surface area contributed by atoms with Crippen LogP contribution in [0.5, 0.6) is 0 Å². The van der Waals surface area contributed by atoms with Crippen molar-refractivity contribution in [2.45, 2.75) is 31.0 Å². The molecule has 0 unspecified atom stereocenters. The van der Waals surface area contributed by atoms with Gasteiger partial charge in [-0.15, -0.1) is 0 Å². The zero-order chi connectivity index (χ0) is 15.1. The van der Waals surface area contributed by atoms with Gasteiger partial charge in [0, 0.05) is 0 Å². The summed E-state index contributed by atoms with van der Waals surface area (Å²) in [4.78, 5) is 21.9. The molecule has 2 aromatic heterocycles. The highest BCUT2D eigenvalue weighted by molar-refractivity contribution is 5.70. The first kappa shape index (κ1) is 13.9. The van der Waals surface area contributed by atoms with E-state index in [4.69, 9.17) is 15.6 Å². The number of anilines is 1. The van der Waals surface area contributed by atoms with Crippen LogP contribution in [0.15, 0.2) is 11.1 Å². The predicted molar refractivity (Wildman–Crippen MR) is 70.3 cm³/mol. The van der Waals surface area contributed by atoms with Gasteiger partial charge in [-0.05, 0) is 0 Å². The van der Waals surface area contributed by atoms with Crippen molar-refractivity contribution in [2.24, 2.45) is 0 Å². The number of nitrogens with one attached hydrogen (secondary N) is 1. The van der Waals surface area contributed by atoms with Crippen molar-refractivity contribution < 1.29 is 20.1 Å². The SMILES string of the molecule is Nc1nc2c(ncn2C[C@@H]2O[C@H](CO)[C@@H](O)[C@H]2O)c(=O)[nH]1. The second kappa shape index (κ2) is 5.07. The lowest BCUT2D eigenvalue weighted by molar-refractivity contribution is -0.0262. The molecule has 3 heterocycles. The average molecular weight is 297 g/mol. The van der Waals surface area contributed by atoms with E-state index < -0.39 is 36.6 Å². The highest BCUT2D eigenvalue weighted by Crippen LogP contribution is 2.23. The molecule has 1 aliphatic heterocycles. The summed E-state index contributed by atoms with van der Waals surface area (Å²) in [6, 6.07) is 0. The van der Waals surface area contributed by atoms with Crippen molar-refractivity contribution in [1.29, 1.82) is 0 Å². The predicted octanol–water partition coefficient (Wildman–Crippen LogP) is -2.82. The Morgan fingerprint density at radius 1 is 1.38 bits per heavy atom. The number of ether oxygens (including phenoxy) is 1. The van der Waals surface area contributed by atoms with E-state index in [1.54, 1.807) is 0 Å². The van der Waals surface area contributed by atoms with Crippen molar-refractivity contribution in [2.75, 3.05) is 12.3 Å². The number of aromatic nitrogens is 4. The van der Waals surface area contributed by atoms with E-state index >= 15 is 0 Å². The van der Waals surface area contributed by atoms with Gasteiger partial charge >= 0.3 is 0 Å². The van der Waals surface area contributed by atoms with Crippen LogP contribution in [-0.2, 0) is 11.3 Å². The summed E-state index contributed by atoms with van der Waals surface area (Å²) in [5.74, 6) is -0.0459. The Morgan fingerprint density at radius 3 is 2.76 bits per heavy atom. The first-order chi connectivity index (χ1) is 10.0. The quantitative estimate of drug-likeness (QED) is 0.405. The molecule has 4 atom stereocenters. The molecule has 0 saturated carbocycles. The molecular weight excluding hydrogens is 282 g/mol. The summed E-state index contributed by atoms with van der Waals surface area (Å²) in [5, 5.41) is 28.7. The number of imidazole rings is 1. The number of aliphatic hydroxyl groups is 3. The van der Waals surface area contributed by atoms with Crippen LogP contribution in [0.2, 0.25) is 0 Å². The summed E-state index contributed by atoms with van der Waals surface area (Å²) in [6.07, 6.45) is -2.55. The van der Waals surface area contributed by atoms with Gasteiger partial charge in [-0.25, -0.2) is 4.98 Å². The third-order valence-electron chi connectivity index (χ3n) is 3.51. The standard InChI is InChI=1S/C11H15N5O5/c12-11-14-9-6(10(20)15-11)13-3-16(9)1-4-7(18)8(19)5(2-17)21-4/h3-5,7-8,17-19H,1-2H2,(H3,12,14,15,20)/t4-,5+,7-,8+/m0/s1. The zero-order valence-electron chi connectivity index (χ0n) is 10.9. The maximum atomic E-state index is 11.7. The Bertz CT molecular complexity index is 713. The normalized spacial score (nSPS) is 29.3. The molecule has 10 nitrogen and oxygen atoms in total. The summed E-state index contributed by atoms with van der Waals surface area (Å²) < 4.78 is 6.88. The highest BCUT2D eigenvalue weighted by atomic mass is 16.6. The number of nitrogen functional groups attached to an aromatic ring is 1. The molecule has 21 heavy (non-hydrogen) atoms. The number of rotatable bonds is 3. The van der Waals surface area contributed by atoms with Crippen molar-refractivity contribution in [3.63, 3.8) is 0 Å². The van der Waals surface area contributed by atoms with Crippen molar-refractivity contribution in [3.8, 4) is 0 Å². The van der Waals surface area contributed by atoms with E-state index in [2.05, 4.69) is 15.0 Å².